The minimum atomic E-state index is -3.16. The standard InChI is InChI=1S/C3H9O4P.Tm/c1-5-8(4,6-2)7-3;/h1-3H3;. The van der Waals surface area contributed by atoms with Crippen molar-refractivity contribution in [1.29, 1.82) is 0 Å². The van der Waals surface area contributed by atoms with E-state index in [2.05, 4.69) is 13.6 Å². The smallest absolute Gasteiger partial charge is 0.290 e. The Morgan fingerprint density at radius 2 is 1.22 bits per heavy atom. The molecule has 0 heterocycles. The van der Waals surface area contributed by atoms with Crippen LogP contribution in [0.1, 0.15) is 0 Å². The molecule has 0 aliphatic rings. The van der Waals surface area contributed by atoms with Gasteiger partial charge in [0.1, 0.15) is 0 Å². The molecule has 0 N–H and O–H groups in total. The molecule has 0 saturated carbocycles. The molecule has 0 saturated heterocycles. The van der Waals surface area contributed by atoms with Crippen LogP contribution in [0.2, 0.25) is 0 Å². The third-order valence-electron chi connectivity index (χ3n) is 0.671. The molecular formula is C3H9O4PTm. The van der Waals surface area contributed by atoms with Gasteiger partial charge in [-0.25, -0.2) is 4.57 Å². The Morgan fingerprint density at radius 1 is 1.00 bits per heavy atom. The van der Waals surface area contributed by atoms with Crippen molar-refractivity contribution in [3.05, 3.63) is 0 Å². The quantitative estimate of drug-likeness (QED) is 0.731. The Balaban J connectivity index is 0. The summed E-state index contributed by atoms with van der Waals surface area (Å²) in [5, 5.41) is 0. The zero-order valence-corrected chi connectivity index (χ0v) is 8.03. The van der Waals surface area contributed by atoms with E-state index in [-0.39, 0.29) is 36.9 Å². The van der Waals surface area contributed by atoms with Gasteiger partial charge in [-0.3, -0.25) is 13.6 Å². The van der Waals surface area contributed by atoms with E-state index < -0.39 is 7.82 Å². The van der Waals surface area contributed by atoms with Crippen LogP contribution in [0.3, 0.4) is 0 Å². The maximum absolute atomic E-state index is 10.7. The molecule has 4 nitrogen and oxygen atoms in total. The molecule has 6 heteroatoms. The summed E-state index contributed by atoms with van der Waals surface area (Å²) < 4.78 is 23.7. The van der Waals surface area contributed by atoms with Crippen LogP contribution in [-0.2, 0) is 18.1 Å². The van der Waals surface area contributed by atoms with Crippen molar-refractivity contribution in [2.75, 3.05) is 21.3 Å². The molecule has 1 radical (unpaired) electrons. The molecule has 0 bridgehead atoms. The maximum atomic E-state index is 10.7. The summed E-state index contributed by atoms with van der Waals surface area (Å²) in [5.41, 5.74) is 0. The van der Waals surface area contributed by atoms with Gasteiger partial charge in [-0.1, -0.05) is 0 Å². The molecule has 0 amide bonds. The molecule has 0 atom stereocenters. The van der Waals surface area contributed by atoms with Gasteiger partial charge < -0.3 is 0 Å². The fourth-order valence-corrected chi connectivity index (χ4v) is 0.671. The average molecular weight is 309 g/mol. The van der Waals surface area contributed by atoms with Gasteiger partial charge in [-0.05, 0) is 0 Å². The van der Waals surface area contributed by atoms with Crippen LogP contribution < -0.4 is 0 Å². The summed E-state index contributed by atoms with van der Waals surface area (Å²) in [5.74, 6) is 0. The van der Waals surface area contributed by atoms with E-state index >= 15 is 0 Å². The minimum Gasteiger partial charge on any atom is -0.290 e. The van der Waals surface area contributed by atoms with Gasteiger partial charge in [0.15, 0.2) is 0 Å². The van der Waals surface area contributed by atoms with Crippen molar-refractivity contribution in [2.24, 2.45) is 0 Å². The van der Waals surface area contributed by atoms with E-state index in [1.807, 2.05) is 0 Å². The third-order valence-corrected chi connectivity index (χ3v) is 2.01. The number of phosphoric ester groups is 1. The second kappa shape index (κ2) is 6.08. The SMILES string of the molecule is COP(=O)(OC)OC.[Tm]. The fourth-order valence-electron chi connectivity index (χ4n) is 0.224. The second-order valence-corrected chi connectivity index (χ2v) is 2.98. The molecule has 0 rings (SSSR count). The van der Waals surface area contributed by atoms with Gasteiger partial charge in [-0.2, -0.15) is 0 Å². The third kappa shape index (κ3) is 4.71. The molecule has 0 aliphatic heterocycles. The summed E-state index contributed by atoms with van der Waals surface area (Å²) in [6, 6.07) is 0. The van der Waals surface area contributed by atoms with Crippen LogP contribution in [0.25, 0.3) is 0 Å². The predicted molar refractivity (Wildman–Crippen MR) is 28.6 cm³/mol. The van der Waals surface area contributed by atoms with Crippen molar-refractivity contribution >= 4 is 7.82 Å². The second-order valence-electron chi connectivity index (χ2n) is 0.995. The Hall–Kier alpha value is 1.34. The van der Waals surface area contributed by atoms with Crippen molar-refractivity contribution < 1.29 is 55.0 Å². The molecule has 0 aromatic carbocycles. The molecule has 0 fully saturated rings. The molecule has 0 unspecified atom stereocenters. The first-order valence-corrected chi connectivity index (χ1v) is 3.42. The van der Waals surface area contributed by atoms with E-state index in [9.17, 15) is 4.57 Å². The Bertz CT molecular complexity index is 87.0. The first kappa shape index (κ1) is 13.0. The van der Waals surface area contributed by atoms with Crippen molar-refractivity contribution in [2.45, 2.75) is 0 Å². The summed E-state index contributed by atoms with van der Waals surface area (Å²) in [6.45, 7) is 0. The average Bonchev–Trinajstić information content (AvgIpc) is 1.87. The van der Waals surface area contributed by atoms with Crippen LogP contribution in [0, 0.1) is 36.9 Å². The topological polar surface area (TPSA) is 44.8 Å². The van der Waals surface area contributed by atoms with E-state index in [1.54, 1.807) is 0 Å². The van der Waals surface area contributed by atoms with E-state index in [0.717, 1.165) is 0 Å². The van der Waals surface area contributed by atoms with Gasteiger partial charge >= 0.3 is 7.82 Å². The van der Waals surface area contributed by atoms with E-state index in [1.165, 1.54) is 21.3 Å². The summed E-state index contributed by atoms with van der Waals surface area (Å²) >= 11 is 0. The van der Waals surface area contributed by atoms with Crippen molar-refractivity contribution in [1.82, 2.24) is 0 Å². The van der Waals surface area contributed by atoms with Gasteiger partial charge in [0.05, 0.1) is 0 Å². The summed E-state index contributed by atoms with van der Waals surface area (Å²) in [7, 11) is 0.611. The number of hydrogen-bond donors (Lipinski definition) is 0. The zero-order chi connectivity index (χ0) is 6.62. The predicted octanol–water partition coefficient (Wildman–Crippen LogP) is 1.03. The molecule has 0 spiro atoms. The van der Waals surface area contributed by atoms with Crippen LogP contribution >= 0.6 is 7.82 Å². The Morgan fingerprint density at radius 3 is 1.22 bits per heavy atom. The molecule has 0 aliphatic carbocycles. The van der Waals surface area contributed by atoms with Crippen molar-refractivity contribution in [3.8, 4) is 0 Å². The maximum Gasteiger partial charge on any atom is 0.473 e. The van der Waals surface area contributed by atoms with E-state index in [4.69, 9.17) is 0 Å². The molecular weight excluding hydrogens is 300 g/mol. The molecule has 9 heavy (non-hydrogen) atoms. The van der Waals surface area contributed by atoms with Crippen LogP contribution in [0.4, 0.5) is 0 Å². The summed E-state index contributed by atoms with van der Waals surface area (Å²) in [6.07, 6.45) is 0. The Kier molecular flexibility index (Phi) is 8.76. The van der Waals surface area contributed by atoms with E-state index in [0.29, 0.717) is 0 Å². The summed E-state index contributed by atoms with van der Waals surface area (Å²) in [4.78, 5) is 0. The monoisotopic (exact) mass is 309 g/mol. The van der Waals surface area contributed by atoms with Crippen LogP contribution in [0.15, 0.2) is 0 Å². The number of rotatable bonds is 3. The molecule has 63 valence electrons. The molecule has 0 aromatic heterocycles. The minimum absolute atomic E-state index is 0. The van der Waals surface area contributed by atoms with Gasteiger partial charge in [0.25, 0.3) is 0 Å². The normalized spacial score (nSPS) is 10.6. The van der Waals surface area contributed by atoms with Gasteiger partial charge in [-0.15, -0.1) is 0 Å². The molecule has 0 aromatic rings. The zero-order valence-electron chi connectivity index (χ0n) is 5.36. The largest absolute Gasteiger partial charge is 0.473 e. The number of hydrogen-bond acceptors (Lipinski definition) is 4. The van der Waals surface area contributed by atoms with Gasteiger partial charge in [0, 0.05) is 58.2 Å². The Labute approximate surface area is 83.7 Å². The van der Waals surface area contributed by atoms with Gasteiger partial charge in [0.2, 0.25) is 0 Å². The number of phosphoric acid groups is 1. The first-order valence-electron chi connectivity index (χ1n) is 1.96. The fraction of sp³-hybridized carbons (Fsp3) is 1.00. The van der Waals surface area contributed by atoms with Crippen molar-refractivity contribution in [3.63, 3.8) is 0 Å². The van der Waals surface area contributed by atoms with Crippen LogP contribution in [0.5, 0.6) is 0 Å². The van der Waals surface area contributed by atoms with Crippen LogP contribution in [-0.4, -0.2) is 21.3 Å². The first-order chi connectivity index (χ1) is 3.68.